The lowest BCUT2D eigenvalue weighted by molar-refractivity contribution is 0.527. The SMILES string of the molecule is CC[C@@H]1NCC[C@H]1N. The van der Waals surface area contributed by atoms with Crippen LogP contribution >= 0.6 is 0 Å². The number of nitrogens with one attached hydrogen (secondary N) is 1. The van der Waals surface area contributed by atoms with Gasteiger partial charge >= 0.3 is 0 Å². The van der Waals surface area contributed by atoms with Crippen LogP contribution in [-0.4, -0.2) is 18.6 Å². The molecule has 0 aromatic rings. The first-order chi connectivity index (χ1) is 3.84. The van der Waals surface area contributed by atoms with E-state index in [4.69, 9.17) is 5.73 Å². The van der Waals surface area contributed by atoms with Crippen molar-refractivity contribution in [1.29, 1.82) is 0 Å². The molecular formula is C6H14N2. The molecule has 2 atom stereocenters. The van der Waals surface area contributed by atoms with Gasteiger partial charge in [-0.25, -0.2) is 0 Å². The minimum atomic E-state index is 0.417. The molecule has 0 radical (unpaired) electrons. The van der Waals surface area contributed by atoms with E-state index in [9.17, 15) is 0 Å². The zero-order valence-corrected chi connectivity index (χ0v) is 5.35. The summed E-state index contributed by atoms with van der Waals surface area (Å²) < 4.78 is 0. The third-order valence-corrected chi connectivity index (χ3v) is 1.84. The minimum absolute atomic E-state index is 0.417. The molecule has 2 nitrogen and oxygen atoms in total. The predicted octanol–water partition coefficient (Wildman–Crippen LogP) is 0.0856. The van der Waals surface area contributed by atoms with E-state index in [-0.39, 0.29) is 0 Å². The van der Waals surface area contributed by atoms with Gasteiger partial charge in [0.15, 0.2) is 0 Å². The highest BCUT2D eigenvalue weighted by atomic mass is 15.0. The van der Waals surface area contributed by atoms with E-state index in [1.807, 2.05) is 0 Å². The summed E-state index contributed by atoms with van der Waals surface area (Å²) in [6.07, 6.45) is 2.32. The Morgan fingerprint density at radius 2 is 2.50 bits per heavy atom. The molecule has 3 N–H and O–H groups in total. The normalized spacial score (nSPS) is 38.2. The lowest BCUT2D eigenvalue weighted by Crippen LogP contribution is -2.35. The van der Waals surface area contributed by atoms with Crippen molar-refractivity contribution in [2.24, 2.45) is 5.73 Å². The molecule has 1 aliphatic rings. The monoisotopic (exact) mass is 114 g/mol. The number of rotatable bonds is 1. The van der Waals surface area contributed by atoms with Crippen LogP contribution in [0.2, 0.25) is 0 Å². The summed E-state index contributed by atoms with van der Waals surface area (Å²) in [6, 6.07) is 1.01. The Hall–Kier alpha value is -0.0800. The van der Waals surface area contributed by atoms with Crippen molar-refractivity contribution in [2.45, 2.75) is 31.8 Å². The first kappa shape index (κ1) is 6.05. The second-order valence-electron chi connectivity index (χ2n) is 2.42. The van der Waals surface area contributed by atoms with E-state index in [1.54, 1.807) is 0 Å². The fraction of sp³-hybridized carbons (Fsp3) is 1.00. The molecular weight excluding hydrogens is 100 g/mol. The van der Waals surface area contributed by atoms with Gasteiger partial charge in [-0.05, 0) is 19.4 Å². The Bertz CT molecular complexity index is 72.9. The van der Waals surface area contributed by atoms with Crippen LogP contribution in [0.5, 0.6) is 0 Å². The molecule has 0 aromatic heterocycles. The van der Waals surface area contributed by atoms with E-state index in [2.05, 4.69) is 12.2 Å². The summed E-state index contributed by atoms with van der Waals surface area (Å²) in [5.41, 5.74) is 5.73. The molecule has 0 aliphatic carbocycles. The largest absolute Gasteiger partial charge is 0.326 e. The highest BCUT2D eigenvalue weighted by Crippen LogP contribution is 2.06. The molecule has 0 aromatic carbocycles. The zero-order chi connectivity index (χ0) is 5.98. The summed E-state index contributed by atoms with van der Waals surface area (Å²) in [5.74, 6) is 0. The zero-order valence-electron chi connectivity index (χ0n) is 5.35. The van der Waals surface area contributed by atoms with Crippen LogP contribution in [0, 0.1) is 0 Å². The van der Waals surface area contributed by atoms with Gasteiger partial charge in [0.1, 0.15) is 0 Å². The number of hydrogen-bond acceptors (Lipinski definition) is 2. The van der Waals surface area contributed by atoms with E-state index >= 15 is 0 Å². The molecule has 0 saturated carbocycles. The average molecular weight is 114 g/mol. The molecule has 1 fully saturated rings. The van der Waals surface area contributed by atoms with E-state index < -0.39 is 0 Å². The van der Waals surface area contributed by atoms with E-state index in [0.29, 0.717) is 12.1 Å². The van der Waals surface area contributed by atoms with Crippen molar-refractivity contribution in [3.63, 3.8) is 0 Å². The first-order valence-electron chi connectivity index (χ1n) is 3.33. The van der Waals surface area contributed by atoms with E-state index in [1.165, 1.54) is 6.42 Å². The Morgan fingerprint density at radius 3 is 2.75 bits per heavy atom. The average Bonchev–Trinajstić information content (AvgIpc) is 2.14. The van der Waals surface area contributed by atoms with Gasteiger partial charge in [0.25, 0.3) is 0 Å². The smallest absolute Gasteiger partial charge is 0.0216 e. The maximum atomic E-state index is 5.73. The topological polar surface area (TPSA) is 38.0 Å². The van der Waals surface area contributed by atoms with Crippen LogP contribution in [0.1, 0.15) is 19.8 Å². The third kappa shape index (κ3) is 1.01. The Balaban J connectivity index is 2.30. The van der Waals surface area contributed by atoms with Gasteiger partial charge in [-0.15, -0.1) is 0 Å². The van der Waals surface area contributed by atoms with Crippen molar-refractivity contribution < 1.29 is 0 Å². The molecule has 48 valence electrons. The Morgan fingerprint density at radius 1 is 1.75 bits per heavy atom. The fourth-order valence-electron chi connectivity index (χ4n) is 1.24. The van der Waals surface area contributed by atoms with Crippen LogP contribution in [0.3, 0.4) is 0 Å². The van der Waals surface area contributed by atoms with Gasteiger partial charge in [0.05, 0.1) is 0 Å². The second-order valence-corrected chi connectivity index (χ2v) is 2.42. The summed E-state index contributed by atoms with van der Waals surface area (Å²) >= 11 is 0. The highest BCUT2D eigenvalue weighted by molar-refractivity contribution is 4.84. The lowest BCUT2D eigenvalue weighted by atomic mass is 10.1. The minimum Gasteiger partial charge on any atom is -0.326 e. The molecule has 0 amide bonds. The summed E-state index contributed by atoms with van der Waals surface area (Å²) in [7, 11) is 0. The second kappa shape index (κ2) is 2.46. The molecule has 0 unspecified atom stereocenters. The summed E-state index contributed by atoms with van der Waals surface area (Å²) in [6.45, 7) is 3.28. The van der Waals surface area contributed by atoms with Crippen LogP contribution in [0.4, 0.5) is 0 Å². The lowest BCUT2D eigenvalue weighted by Gasteiger charge is -2.11. The van der Waals surface area contributed by atoms with Crippen LogP contribution in [-0.2, 0) is 0 Å². The molecule has 1 saturated heterocycles. The molecule has 1 aliphatic heterocycles. The van der Waals surface area contributed by atoms with Gasteiger partial charge in [-0.3, -0.25) is 0 Å². The van der Waals surface area contributed by atoms with Gasteiger partial charge in [-0.1, -0.05) is 6.92 Å². The van der Waals surface area contributed by atoms with Crippen LogP contribution in [0.15, 0.2) is 0 Å². The van der Waals surface area contributed by atoms with Gasteiger partial charge < -0.3 is 11.1 Å². The molecule has 8 heavy (non-hydrogen) atoms. The predicted molar refractivity (Wildman–Crippen MR) is 34.7 cm³/mol. The van der Waals surface area contributed by atoms with Crippen LogP contribution in [0.25, 0.3) is 0 Å². The van der Waals surface area contributed by atoms with Crippen LogP contribution < -0.4 is 11.1 Å². The molecule has 1 heterocycles. The molecule has 0 spiro atoms. The molecule has 2 heteroatoms. The molecule has 1 rings (SSSR count). The van der Waals surface area contributed by atoms with Crippen molar-refractivity contribution in [2.75, 3.05) is 6.54 Å². The first-order valence-corrected chi connectivity index (χ1v) is 3.33. The van der Waals surface area contributed by atoms with Crippen molar-refractivity contribution >= 4 is 0 Å². The highest BCUT2D eigenvalue weighted by Gasteiger charge is 2.20. The maximum Gasteiger partial charge on any atom is 0.0216 e. The van der Waals surface area contributed by atoms with Crippen molar-refractivity contribution in [1.82, 2.24) is 5.32 Å². The Kier molecular flexibility index (Phi) is 1.86. The standard InChI is InChI=1S/C6H14N2/c1-2-6-5(7)3-4-8-6/h5-6,8H,2-4,7H2,1H3/t5-,6+/m1/s1. The summed E-state index contributed by atoms with van der Waals surface area (Å²) in [5, 5.41) is 3.33. The number of hydrogen-bond donors (Lipinski definition) is 2. The van der Waals surface area contributed by atoms with Gasteiger partial charge in [0.2, 0.25) is 0 Å². The molecule has 0 bridgehead atoms. The Labute approximate surface area is 50.4 Å². The van der Waals surface area contributed by atoms with E-state index in [0.717, 1.165) is 13.0 Å². The third-order valence-electron chi connectivity index (χ3n) is 1.84. The number of nitrogens with two attached hydrogens (primary N) is 1. The van der Waals surface area contributed by atoms with Crippen molar-refractivity contribution in [3.05, 3.63) is 0 Å². The van der Waals surface area contributed by atoms with Gasteiger partial charge in [0, 0.05) is 12.1 Å². The summed E-state index contributed by atoms with van der Waals surface area (Å²) in [4.78, 5) is 0. The maximum absolute atomic E-state index is 5.73. The quantitative estimate of drug-likeness (QED) is 0.507. The fourth-order valence-corrected chi connectivity index (χ4v) is 1.24. The van der Waals surface area contributed by atoms with Crippen molar-refractivity contribution in [3.8, 4) is 0 Å². The van der Waals surface area contributed by atoms with Gasteiger partial charge in [-0.2, -0.15) is 0 Å².